The first-order valence-electron chi connectivity index (χ1n) is 7.98. The molecule has 1 aromatic rings. The lowest BCUT2D eigenvalue weighted by atomic mass is 9.97. The molecule has 0 amide bonds. The smallest absolute Gasteiger partial charge is 0.359 e. The second-order valence-corrected chi connectivity index (χ2v) is 5.66. The number of allylic oxidation sites excluding steroid dienone is 2. The lowest BCUT2D eigenvalue weighted by Gasteiger charge is -2.11. The topological polar surface area (TPSA) is 102 Å². The second kappa shape index (κ2) is 8.75. The first-order chi connectivity index (χ1) is 12.4. The lowest BCUT2D eigenvalue weighted by molar-refractivity contribution is -0.136. The van der Waals surface area contributed by atoms with Gasteiger partial charge in [0, 0.05) is 19.1 Å². The quantitative estimate of drug-likeness (QED) is 0.376. The fourth-order valence-electron chi connectivity index (χ4n) is 2.23. The van der Waals surface area contributed by atoms with E-state index in [0.29, 0.717) is 24.8 Å². The summed E-state index contributed by atoms with van der Waals surface area (Å²) in [7, 11) is 1.15. The van der Waals surface area contributed by atoms with Crippen molar-refractivity contribution in [1.82, 2.24) is 0 Å². The molecule has 1 aliphatic rings. The first-order valence-corrected chi connectivity index (χ1v) is 7.98. The van der Waals surface area contributed by atoms with Crippen molar-refractivity contribution in [2.75, 3.05) is 7.11 Å². The number of ether oxygens (including phenoxy) is 2. The molecule has 7 nitrogen and oxygen atoms in total. The van der Waals surface area contributed by atoms with Crippen LogP contribution >= 0.6 is 0 Å². The third-order valence-electron chi connectivity index (χ3n) is 3.72. The van der Waals surface area contributed by atoms with Crippen LogP contribution < -0.4 is 0 Å². The Balaban J connectivity index is 2.19. The van der Waals surface area contributed by atoms with Gasteiger partial charge in [-0.1, -0.05) is 17.7 Å². The van der Waals surface area contributed by atoms with E-state index in [-0.39, 0.29) is 22.8 Å². The van der Waals surface area contributed by atoms with Crippen molar-refractivity contribution in [3.63, 3.8) is 0 Å². The van der Waals surface area contributed by atoms with E-state index in [0.717, 1.165) is 25.1 Å². The van der Waals surface area contributed by atoms with Crippen LogP contribution in [0.15, 0.2) is 52.5 Å². The summed E-state index contributed by atoms with van der Waals surface area (Å²) in [6.07, 6.45) is 3.17. The van der Waals surface area contributed by atoms with Gasteiger partial charge in [0.15, 0.2) is 11.5 Å². The number of aliphatic hydroxyl groups is 1. The number of aliphatic hydroxyl groups excluding tert-OH is 1. The van der Waals surface area contributed by atoms with Crippen LogP contribution in [0.25, 0.3) is 0 Å². The molecule has 0 aromatic heterocycles. The number of carbonyl (C=O) groups is 3. The van der Waals surface area contributed by atoms with Crippen molar-refractivity contribution in [3.05, 3.63) is 58.7 Å². The maximum atomic E-state index is 12.0. The van der Waals surface area contributed by atoms with E-state index in [4.69, 9.17) is 4.74 Å². The number of rotatable bonds is 5. The van der Waals surface area contributed by atoms with Crippen molar-refractivity contribution < 1.29 is 29.0 Å². The molecule has 0 atom stereocenters. The van der Waals surface area contributed by atoms with Crippen LogP contribution in [0.3, 0.4) is 0 Å². The Kier molecular flexibility index (Phi) is 6.43. The van der Waals surface area contributed by atoms with E-state index in [1.165, 1.54) is 0 Å². The zero-order chi connectivity index (χ0) is 19.1. The lowest BCUT2D eigenvalue weighted by Crippen LogP contribution is -2.13. The third-order valence-corrected chi connectivity index (χ3v) is 3.72. The van der Waals surface area contributed by atoms with Crippen LogP contribution in [0.2, 0.25) is 0 Å². The summed E-state index contributed by atoms with van der Waals surface area (Å²) >= 11 is 0. The summed E-state index contributed by atoms with van der Waals surface area (Å²) in [4.78, 5) is 39.4. The van der Waals surface area contributed by atoms with Gasteiger partial charge in [0.05, 0.1) is 18.2 Å². The van der Waals surface area contributed by atoms with E-state index < -0.39 is 11.9 Å². The van der Waals surface area contributed by atoms with Crippen LogP contribution in [0.5, 0.6) is 0 Å². The normalized spacial score (nSPS) is 15.3. The van der Waals surface area contributed by atoms with Gasteiger partial charge < -0.3 is 14.6 Å². The maximum Gasteiger partial charge on any atom is 0.359 e. The van der Waals surface area contributed by atoms with Crippen molar-refractivity contribution in [1.29, 1.82) is 0 Å². The monoisotopic (exact) mass is 357 g/mol. The first kappa shape index (κ1) is 19.1. The summed E-state index contributed by atoms with van der Waals surface area (Å²) in [5, 5.41) is 9.78. The number of carbonyl (C=O) groups excluding carboxylic acids is 3. The molecule has 0 fully saturated rings. The highest BCUT2D eigenvalue weighted by Gasteiger charge is 2.19. The van der Waals surface area contributed by atoms with E-state index in [1.54, 1.807) is 24.3 Å². The Morgan fingerprint density at radius 2 is 1.88 bits per heavy atom. The molecule has 0 spiro atoms. The number of methoxy groups -OCH3 is 1. The molecule has 0 heterocycles. The van der Waals surface area contributed by atoms with Crippen LogP contribution in [-0.2, 0) is 19.1 Å². The number of aliphatic imine (C=N–C) groups is 1. The van der Waals surface area contributed by atoms with Gasteiger partial charge in [-0.2, -0.15) is 0 Å². The van der Waals surface area contributed by atoms with Gasteiger partial charge in [-0.15, -0.1) is 0 Å². The highest BCUT2D eigenvalue weighted by atomic mass is 16.5. The number of esters is 2. The van der Waals surface area contributed by atoms with Crippen molar-refractivity contribution in [2.45, 2.75) is 26.2 Å². The Bertz CT molecular complexity index is 802. The highest BCUT2D eigenvalue weighted by molar-refractivity contribution is 6.14. The zero-order valence-electron chi connectivity index (χ0n) is 14.5. The van der Waals surface area contributed by atoms with Gasteiger partial charge in [0.25, 0.3) is 0 Å². The molecule has 2 rings (SSSR count). The molecule has 0 saturated heterocycles. The second-order valence-electron chi connectivity index (χ2n) is 5.66. The van der Waals surface area contributed by atoms with Crippen LogP contribution in [0, 0.1) is 6.92 Å². The molecule has 7 heteroatoms. The van der Waals surface area contributed by atoms with Gasteiger partial charge >= 0.3 is 11.9 Å². The summed E-state index contributed by atoms with van der Waals surface area (Å²) in [6, 6.07) is 6.69. The largest absolute Gasteiger partial charge is 0.512 e. The maximum absolute atomic E-state index is 12.0. The van der Waals surface area contributed by atoms with Gasteiger partial charge in [0.2, 0.25) is 0 Å². The fourth-order valence-corrected chi connectivity index (χ4v) is 2.23. The molecule has 1 aromatic carbocycles. The summed E-state index contributed by atoms with van der Waals surface area (Å²) in [5.74, 6) is -1.86. The van der Waals surface area contributed by atoms with Gasteiger partial charge in [0.1, 0.15) is 12.0 Å². The fraction of sp³-hybridized carbons (Fsp3) is 0.263. The number of hydrogen-bond donors (Lipinski definition) is 1. The van der Waals surface area contributed by atoms with Crippen molar-refractivity contribution in [3.8, 4) is 0 Å². The predicted molar refractivity (Wildman–Crippen MR) is 93.7 cm³/mol. The minimum Gasteiger partial charge on any atom is -0.512 e. The number of aryl methyl sites for hydroxylation is 1. The SMILES string of the molecule is COC(=O)/C(=C/OC(=O)c1ccc(C)cc1)N=CC1=C(O)CCCC1=O. The Morgan fingerprint density at radius 3 is 2.50 bits per heavy atom. The van der Waals surface area contributed by atoms with Crippen LogP contribution in [0.4, 0.5) is 0 Å². The average molecular weight is 357 g/mol. The summed E-state index contributed by atoms with van der Waals surface area (Å²) in [6.45, 7) is 1.88. The molecule has 136 valence electrons. The number of benzene rings is 1. The molecule has 0 unspecified atom stereocenters. The number of Topliss-reactive ketones (excluding diaryl/α,β-unsaturated/α-hetero) is 1. The van der Waals surface area contributed by atoms with Gasteiger partial charge in [-0.25, -0.2) is 14.6 Å². The van der Waals surface area contributed by atoms with Crippen molar-refractivity contribution >= 4 is 23.9 Å². The molecular weight excluding hydrogens is 338 g/mol. The molecule has 26 heavy (non-hydrogen) atoms. The average Bonchev–Trinajstić information content (AvgIpc) is 2.63. The molecule has 0 aliphatic heterocycles. The molecule has 1 N–H and O–H groups in total. The minimum absolute atomic E-state index is 0.0379. The van der Waals surface area contributed by atoms with E-state index in [1.807, 2.05) is 6.92 Å². The van der Waals surface area contributed by atoms with Gasteiger partial charge in [-0.3, -0.25) is 4.79 Å². The van der Waals surface area contributed by atoms with Gasteiger partial charge in [-0.05, 0) is 25.5 Å². The van der Waals surface area contributed by atoms with Crippen LogP contribution in [0.1, 0.15) is 35.2 Å². The Hall–Kier alpha value is -3.22. The predicted octanol–water partition coefficient (Wildman–Crippen LogP) is 2.80. The molecule has 0 radical (unpaired) electrons. The van der Waals surface area contributed by atoms with Crippen LogP contribution in [-0.4, -0.2) is 36.2 Å². The Labute approximate surface area is 150 Å². The van der Waals surface area contributed by atoms with E-state index in [2.05, 4.69) is 9.73 Å². The molecular formula is C19H19NO6. The highest BCUT2D eigenvalue weighted by Crippen LogP contribution is 2.19. The number of hydrogen-bond acceptors (Lipinski definition) is 7. The third kappa shape index (κ3) is 4.89. The molecule has 0 bridgehead atoms. The zero-order valence-corrected chi connectivity index (χ0v) is 14.5. The van der Waals surface area contributed by atoms with E-state index >= 15 is 0 Å². The number of nitrogens with zero attached hydrogens (tertiary/aromatic N) is 1. The summed E-state index contributed by atoms with van der Waals surface area (Å²) < 4.78 is 9.55. The van der Waals surface area contributed by atoms with E-state index in [9.17, 15) is 19.5 Å². The standard InChI is InChI=1S/C19H19NO6/c1-12-6-8-13(9-7-12)18(23)26-11-15(19(24)25-2)20-10-14-16(21)4-3-5-17(14)22/h6-11,21H,3-5H2,1-2H3/b15-11-,20-10?. The summed E-state index contributed by atoms with van der Waals surface area (Å²) in [5.41, 5.74) is 1.02. The minimum atomic E-state index is -0.846. The number of ketones is 1. The van der Waals surface area contributed by atoms with Crippen molar-refractivity contribution in [2.24, 2.45) is 4.99 Å². The molecule has 1 aliphatic carbocycles. The molecule has 0 saturated carbocycles. The Morgan fingerprint density at radius 1 is 1.19 bits per heavy atom.